The van der Waals surface area contributed by atoms with Crippen LogP contribution in [0.1, 0.15) is 33.1 Å². The van der Waals surface area contributed by atoms with E-state index in [4.69, 9.17) is 4.74 Å². The van der Waals surface area contributed by atoms with Crippen LogP contribution in [-0.4, -0.2) is 39.3 Å². The lowest BCUT2D eigenvalue weighted by Gasteiger charge is -2.07. The summed E-state index contributed by atoms with van der Waals surface area (Å²) in [4.78, 5) is 11.3. The molecule has 104 valence electrons. The molecule has 1 amide bonds. The van der Waals surface area contributed by atoms with Crippen LogP contribution in [0.15, 0.2) is 0 Å². The first kappa shape index (κ1) is 19.0. The van der Waals surface area contributed by atoms with Gasteiger partial charge in [-0.1, -0.05) is 13.8 Å². The van der Waals surface area contributed by atoms with Gasteiger partial charge in [-0.25, -0.2) is 0 Å². The molecular weight excluding hydrogens is 240 g/mol. The molecule has 0 rings (SSSR count). The third-order valence-corrected chi connectivity index (χ3v) is 2.24. The van der Waals surface area contributed by atoms with Gasteiger partial charge in [-0.3, -0.25) is 4.79 Å². The number of nitrogens with one attached hydrogen (secondary N) is 2. The van der Waals surface area contributed by atoms with Gasteiger partial charge in [0.2, 0.25) is 5.91 Å². The molecule has 0 spiro atoms. The lowest BCUT2D eigenvalue weighted by molar-refractivity contribution is -0.121. The van der Waals surface area contributed by atoms with E-state index in [9.17, 15) is 4.79 Å². The number of hydrogen-bond acceptors (Lipinski definition) is 3. The Morgan fingerprint density at radius 1 is 1.24 bits per heavy atom. The second kappa shape index (κ2) is 13.7. The van der Waals surface area contributed by atoms with E-state index in [2.05, 4.69) is 24.5 Å². The Balaban J connectivity index is 0. The fourth-order valence-electron chi connectivity index (χ4n) is 1.20. The molecule has 0 saturated heterocycles. The Morgan fingerprint density at radius 3 is 2.53 bits per heavy atom. The molecule has 0 aromatic carbocycles. The van der Waals surface area contributed by atoms with Crippen LogP contribution in [0.2, 0.25) is 0 Å². The Kier molecular flexibility index (Phi) is 15.4. The number of carbonyl (C=O) groups excluding carboxylic acids is 1. The van der Waals surface area contributed by atoms with E-state index >= 15 is 0 Å². The van der Waals surface area contributed by atoms with Crippen LogP contribution in [0.4, 0.5) is 0 Å². The van der Waals surface area contributed by atoms with Crippen molar-refractivity contribution in [1.82, 2.24) is 10.6 Å². The number of halogens is 1. The highest BCUT2D eigenvalue weighted by Gasteiger charge is 1.99. The maximum atomic E-state index is 11.3. The Labute approximate surface area is 111 Å². The molecule has 2 N–H and O–H groups in total. The second-order valence-electron chi connectivity index (χ2n) is 4.35. The van der Waals surface area contributed by atoms with Gasteiger partial charge < -0.3 is 15.4 Å². The quantitative estimate of drug-likeness (QED) is 0.591. The zero-order valence-corrected chi connectivity index (χ0v) is 12.1. The van der Waals surface area contributed by atoms with Crippen molar-refractivity contribution in [2.45, 2.75) is 33.1 Å². The summed E-state index contributed by atoms with van der Waals surface area (Å²) < 4.78 is 5.39. The summed E-state index contributed by atoms with van der Waals surface area (Å²) in [6.45, 7) is 7.26. The van der Waals surface area contributed by atoms with Crippen LogP contribution in [0.25, 0.3) is 0 Å². The molecule has 0 aliphatic heterocycles. The fraction of sp³-hybridized carbons (Fsp3) is 0.917. The van der Waals surface area contributed by atoms with E-state index < -0.39 is 0 Å². The lowest BCUT2D eigenvalue weighted by Crippen LogP contribution is -2.27. The smallest absolute Gasteiger partial charge is 0.220 e. The van der Waals surface area contributed by atoms with E-state index in [1.807, 2.05) is 7.05 Å². The Morgan fingerprint density at radius 2 is 1.94 bits per heavy atom. The zero-order chi connectivity index (χ0) is 12.2. The Bertz CT molecular complexity index is 178. The van der Waals surface area contributed by atoms with Crippen molar-refractivity contribution in [3.8, 4) is 0 Å². The number of amides is 1. The van der Waals surface area contributed by atoms with Crippen LogP contribution in [0.5, 0.6) is 0 Å². The van der Waals surface area contributed by atoms with Crippen LogP contribution in [0, 0.1) is 5.92 Å². The van der Waals surface area contributed by atoms with Crippen molar-refractivity contribution < 1.29 is 9.53 Å². The lowest BCUT2D eigenvalue weighted by atomic mass is 10.1. The summed E-state index contributed by atoms with van der Waals surface area (Å²) in [5.41, 5.74) is 0. The topological polar surface area (TPSA) is 50.4 Å². The van der Waals surface area contributed by atoms with Gasteiger partial charge in [0.15, 0.2) is 0 Å². The normalized spacial score (nSPS) is 10.1. The van der Waals surface area contributed by atoms with Crippen molar-refractivity contribution in [2.75, 3.05) is 33.4 Å². The first-order valence-electron chi connectivity index (χ1n) is 6.16. The molecule has 0 unspecified atom stereocenters. The van der Waals surface area contributed by atoms with E-state index in [1.54, 1.807) is 0 Å². The summed E-state index contributed by atoms with van der Waals surface area (Å²) in [5.74, 6) is 0.791. The molecule has 0 aromatic rings. The average molecular weight is 267 g/mol. The summed E-state index contributed by atoms with van der Waals surface area (Å²) >= 11 is 0. The summed E-state index contributed by atoms with van der Waals surface area (Å²) in [6, 6.07) is 0. The highest BCUT2D eigenvalue weighted by Crippen LogP contribution is 1.98. The van der Waals surface area contributed by atoms with Crippen LogP contribution < -0.4 is 10.6 Å². The maximum Gasteiger partial charge on any atom is 0.220 e. The molecule has 4 nitrogen and oxygen atoms in total. The van der Waals surface area contributed by atoms with E-state index in [1.165, 1.54) is 0 Å². The van der Waals surface area contributed by atoms with Crippen molar-refractivity contribution >= 4 is 18.3 Å². The molecule has 0 aliphatic rings. The minimum Gasteiger partial charge on any atom is -0.380 e. The van der Waals surface area contributed by atoms with Crippen LogP contribution >= 0.6 is 12.4 Å². The standard InChI is InChI=1S/C12H26N2O2.ClH/c1-11(2)6-9-16-10-8-14-12(15)5-4-7-13-3;/h11,13H,4-10H2,1-3H3,(H,14,15);1H. The molecular formula is C12H27ClN2O2. The molecule has 0 radical (unpaired) electrons. The third-order valence-electron chi connectivity index (χ3n) is 2.24. The highest BCUT2D eigenvalue weighted by atomic mass is 35.5. The molecule has 0 atom stereocenters. The van der Waals surface area contributed by atoms with Crippen molar-refractivity contribution in [2.24, 2.45) is 5.92 Å². The number of carbonyl (C=O) groups is 1. The molecule has 5 heteroatoms. The largest absolute Gasteiger partial charge is 0.380 e. The maximum absolute atomic E-state index is 11.3. The van der Waals surface area contributed by atoms with Gasteiger partial charge in [0.05, 0.1) is 6.61 Å². The van der Waals surface area contributed by atoms with Gasteiger partial charge in [-0.15, -0.1) is 12.4 Å². The van der Waals surface area contributed by atoms with Gasteiger partial charge >= 0.3 is 0 Å². The molecule has 0 fully saturated rings. The van der Waals surface area contributed by atoms with Crippen LogP contribution in [-0.2, 0) is 9.53 Å². The molecule has 17 heavy (non-hydrogen) atoms. The van der Waals surface area contributed by atoms with Crippen molar-refractivity contribution in [1.29, 1.82) is 0 Å². The Hall–Kier alpha value is -0.320. The molecule has 0 bridgehead atoms. The summed E-state index contributed by atoms with van der Waals surface area (Å²) in [5, 5.41) is 5.85. The first-order valence-corrected chi connectivity index (χ1v) is 6.16. The summed E-state index contributed by atoms with van der Waals surface area (Å²) in [7, 11) is 1.89. The van der Waals surface area contributed by atoms with E-state index in [0.29, 0.717) is 25.5 Å². The van der Waals surface area contributed by atoms with Gasteiger partial charge in [-0.05, 0) is 32.4 Å². The third kappa shape index (κ3) is 15.7. The number of hydrogen-bond donors (Lipinski definition) is 2. The molecule has 0 saturated carbocycles. The van der Waals surface area contributed by atoms with Crippen LogP contribution in [0.3, 0.4) is 0 Å². The number of rotatable bonds is 10. The number of ether oxygens (including phenoxy) is 1. The predicted octanol–water partition coefficient (Wildman–Crippen LogP) is 1.59. The average Bonchev–Trinajstić information content (AvgIpc) is 2.23. The monoisotopic (exact) mass is 266 g/mol. The van der Waals surface area contributed by atoms with Gasteiger partial charge in [0.25, 0.3) is 0 Å². The van der Waals surface area contributed by atoms with Gasteiger partial charge in [0, 0.05) is 19.6 Å². The van der Waals surface area contributed by atoms with E-state index in [0.717, 1.165) is 26.0 Å². The molecule has 0 heterocycles. The van der Waals surface area contributed by atoms with Gasteiger partial charge in [0.1, 0.15) is 0 Å². The SMILES string of the molecule is CNCCCC(=O)NCCOCCC(C)C.Cl. The summed E-state index contributed by atoms with van der Waals surface area (Å²) in [6.07, 6.45) is 2.56. The predicted molar refractivity (Wildman–Crippen MR) is 73.7 cm³/mol. The second-order valence-corrected chi connectivity index (χ2v) is 4.35. The fourth-order valence-corrected chi connectivity index (χ4v) is 1.20. The minimum absolute atomic E-state index is 0. The minimum atomic E-state index is 0. The molecule has 0 aliphatic carbocycles. The molecule has 0 aromatic heterocycles. The van der Waals surface area contributed by atoms with Crippen molar-refractivity contribution in [3.63, 3.8) is 0 Å². The first-order chi connectivity index (χ1) is 7.66. The van der Waals surface area contributed by atoms with E-state index in [-0.39, 0.29) is 18.3 Å². The highest BCUT2D eigenvalue weighted by molar-refractivity contribution is 5.85. The van der Waals surface area contributed by atoms with Gasteiger partial charge in [-0.2, -0.15) is 0 Å². The van der Waals surface area contributed by atoms with Crippen molar-refractivity contribution in [3.05, 3.63) is 0 Å². The zero-order valence-electron chi connectivity index (χ0n) is 11.3.